The van der Waals surface area contributed by atoms with Crippen molar-refractivity contribution in [2.24, 2.45) is 0 Å². The van der Waals surface area contributed by atoms with Crippen molar-refractivity contribution in [3.8, 4) is 5.75 Å². The van der Waals surface area contributed by atoms with Gasteiger partial charge in [0.2, 0.25) is 5.91 Å². The fourth-order valence-corrected chi connectivity index (χ4v) is 1.62. The molecule has 0 aliphatic carbocycles. The molecule has 112 valence electrons. The van der Waals surface area contributed by atoms with Crippen molar-refractivity contribution >= 4 is 11.6 Å². The Labute approximate surface area is 121 Å². The van der Waals surface area contributed by atoms with Crippen LogP contribution in [0, 0.1) is 0 Å². The largest absolute Gasteiger partial charge is 0.491 e. The molecular formula is C16H26N2O2. The van der Waals surface area contributed by atoms with Crippen LogP contribution in [0.4, 0.5) is 5.69 Å². The smallest absolute Gasteiger partial charge is 0.239 e. The van der Waals surface area contributed by atoms with Gasteiger partial charge in [0.05, 0.1) is 12.6 Å². The molecular weight excluding hydrogens is 252 g/mol. The van der Waals surface area contributed by atoms with Gasteiger partial charge in [-0.2, -0.15) is 0 Å². The lowest BCUT2D eigenvalue weighted by Gasteiger charge is -2.13. The minimum absolute atomic E-state index is 0.0263. The van der Waals surface area contributed by atoms with Crippen molar-refractivity contribution in [1.82, 2.24) is 5.32 Å². The van der Waals surface area contributed by atoms with Crippen molar-refractivity contribution in [2.75, 3.05) is 18.4 Å². The van der Waals surface area contributed by atoms with Crippen LogP contribution in [0.5, 0.6) is 5.75 Å². The zero-order valence-corrected chi connectivity index (χ0v) is 12.7. The summed E-state index contributed by atoms with van der Waals surface area (Å²) in [7, 11) is 0. The van der Waals surface area contributed by atoms with Crippen LogP contribution in [0.25, 0.3) is 0 Å². The van der Waals surface area contributed by atoms with E-state index in [1.807, 2.05) is 31.2 Å². The number of anilines is 1. The topological polar surface area (TPSA) is 50.4 Å². The molecule has 1 atom stereocenters. The van der Waals surface area contributed by atoms with Crippen LogP contribution in [0.15, 0.2) is 24.3 Å². The minimum atomic E-state index is 0.0263. The van der Waals surface area contributed by atoms with Gasteiger partial charge >= 0.3 is 0 Å². The van der Waals surface area contributed by atoms with Crippen LogP contribution >= 0.6 is 0 Å². The molecule has 0 aliphatic heterocycles. The third-order valence-corrected chi connectivity index (χ3v) is 3.07. The quantitative estimate of drug-likeness (QED) is 0.682. The Hall–Kier alpha value is -1.71. The van der Waals surface area contributed by atoms with Crippen LogP contribution in [-0.2, 0) is 4.79 Å². The molecule has 0 radical (unpaired) electrons. The fraction of sp³-hybridized carbons (Fsp3) is 0.562. The van der Waals surface area contributed by atoms with Gasteiger partial charge in [0.25, 0.3) is 0 Å². The molecule has 4 nitrogen and oxygen atoms in total. The highest BCUT2D eigenvalue weighted by Gasteiger charge is 2.02. The number of hydrogen-bond acceptors (Lipinski definition) is 3. The summed E-state index contributed by atoms with van der Waals surface area (Å²) in [5.41, 5.74) is 0.923. The third kappa shape index (κ3) is 6.45. The van der Waals surface area contributed by atoms with Gasteiger partial charge in [-0.05, 0) is 44.0 Å². The predicted molar refractivity (Wildman–Crippen MR) is 83.2 cm³/mol. The molecule has 2 N–H and O–H groups in total. The molecule has 0 spiro atoms. The maximum Gasteiger partial charge on any atom is 0.239 e. The lowest BCUT2D eigenvalue weighted by Crippen LogP contribution is -2.30. The van der Waals surface area contributed by atoms with Crippen molar-refractivity contribution in [1.29, 1.82) is 0 Å². The highest BCUT2D eigenvalue weighted by molar-refractivity contribution is 5.80. The molecule has 4 heteroatoms. The van der Waals surface area contributed by atoms with Gasteiger partial charge in [-0.15, -0.1) is 0 Å². The summed E-state index contributed by atoms with van der Waals surface area (Å²) in [5, 5.41) is 5.97. The van der Waals surface area contributed by atoms with Crippen molar-refractivity contribution in [3.05, 3.63) is 24.3 Å². The second kappa shape index (κ2) is 9.23. The molecule has 20 heavy (non-hydrogen) atoms. The van der Waals surface area contributed by atoms with Crippen LogP contribution in [-0.4, -0.2) is 25.1 Å². The first-order chi connectivity index (χ1) is 9.65. The summed E-state index contributed by atoms with van der Waals surface area (Å²) >= 11 is 0. The number of rotatable bonds is 9. The molecule has 1 unspecified atom stereocenters. The first kappa shape index (κ1) is 16.3. The van der Waals surface area contributed by atoms with E-state index in [9.17, 15) is 4.79 Å². The Balaban J connectivity index is 2.32. The maximum absolute atomic E-state index is 11.5. The highest BCUT2D eigenvalue weighted by Crippen LogP contribution is 2.17. The lowest BCUT2D eigenvalue weighted by atomic mass is 10.2. The Morgan fingerprint density at radius 1 is 1.25 bits per heavy atom. The van der Waals surface area contributed by atoms with E-state index in [2.05, 4.69) is 24.5 Å². The lowest BCUT2D eigenvalue weighted by molar-refractivity contribution is -0.119. The van der Waals surface area contributed by atoms with E-state index in [0.29, 0.717) is 6.54 Å². The van der Waals surface area contributed by atoms with E-state index in [1.165, 1.54) is 0 Å². The molecule has 1 amide bonds. The summed E-state index contributed by atoms with van der Waals surface area (Å²) in [6.45, 7) is 7.30. The molecule has 0 aromatic heterocycles. The third-order valence-electron chi connectivity index (χ3n) is 3.07. The number of hydrogen-bond donors (Lipinski definition) is 2. The van der Waals surface area contributed by atoms with Crippen LogP contribution in [0.1, 0.15) is 40.0 Å². The molecule has 0 fully saturated rings. The van der Waals surface area contributed by atoms with Gasteiger partial charge in [-0.1, -0.05) is 20.3 Å². The van der Waals surface area contributed by atoms with Gasteiger partial charge in [0.1, 0.15) is 5.75 Å². The molecule has 0 heterocycles. The summed E-state index contributed by atoms with van der Waals surface area (Å²) in [4.78, 5) is 11.5. The molecule has 1 rings (SSSR count). The first-order valence-electron chi connectivity index (χ1n) is 7.43. The van der Waals surface area contributed by atoms with E-state index in [0.717, 1.165) is 37.2 Å². The molecule has 1 aromatic rings. The number of carbonyl (C=O) groups excluding carboxylic acids is 1. The van der Waals surface area contributed by atoms with Crippen LogP contribution in [0.2, 0.25) is 0 Å². The van der Waals surface area contributed by atoms with Gasteiger partial charge in [0.15, 0.2) is 0 Å². The van der Waals surface area contributed by atoms with E-state index in [1.54, 1.807) is 0 Å². The van der Waals surface area contributed by atoms with Crippen molar-refractivity contribution in [3.63, 3.8) is 0 Å². The van der Waals surface area contributed by atoms with Crippen molar-refractivity contribution in [2.45, 2.75) is 46.1 Å². The Morgan fingerprint density at radius 2 is 1.95 bits per heavy atom. The monoisotopic (exact) mass is 278 g/mol. The zero-order chi connectivity index (χ0) is 14.8. The normalized spacial score (nSPS) is 11.8. The molecule has 0 bridgehead atoms. The number of nitrogens with one attached hydrogen (secondary N) is 2. The summed E-state index contributed by atoms with van der Waals surface area (Å²) < 4.78 is 5.70. The summed E-state index contributed by atoms with van der Waals surface area (Å²) in [6.07, 6.45) is 3.31. The molecule has 1 aromatic carbocycles. The number of carbonyl (C=O) groups is 1. The molecule has 0 aliphatic rings. The highest BCUT2D eigenvalue weighted by atomic mass is 16.5. The second-order valence-electron chi connectivity index (χ2n) is 4.92. The number of unbranched alkanes of at least 4 members (excludes halogenated alkanes) is 1. The van der Waals surface area contributed by atoms with Gasteiger partial charge in [-0.3, -0.25) is 4.79 Å². The van der Waals surface area contributed by atoms with Crippen LogP contribution < -0.4 is 15.4 Å². The van der Waals surface area contributed by atoms with E-state index in [4.69, 9.17) is 4.74 Å². The Morgan fingerprint density at radius 3 is 2.55 bits per heavy atom. The summed E-state index contributed by atoms with van der Waals surface area (Å²) in [6, 6.07) is 7.70. The zero-order valence-electron chi connectivity index (χ0n) is 12.7. The van der Waals surface area contributed by atoms with Gasteiger partial charge < -0.3 is 15.4 Å². The van der Waals surface area contributed by atoms with Crippen molar-refractivity contribution < 1.29 is 9.53 Å². The van der Waals surface area contributed by atoms with E-state index >= 15 is 0 Å². The average molecular weight is 278 g/mol. The SMILES string of the molecule is CCCCNC(=O)CNc1ccc(OC(C)CC)cc1. The first-order valence-corrected chi connectivity index (χ1v) is 7.43. The maximum atomic E-state index is 11.5. The molecule has 0 saturated heterocycles. The predicted octanol–water partition coefficient (Wildman–Crippen LogP) is 3.19. The van der Waals surface area contributed by atoms with Crippen LogP contribution in [0.3, 0.4) is 0 Å². The van der Waals surface area contributed by atoms with E-state index < -0.39 is 0 Å². The Kier molecular flexibility index (Phi) is 7.55. The van der Waals surface area contributed by atoms with Gasteiger partial charge in [-0.25, -0.2) is 0 Å². The fourth-order valence-electron chi connectivity index (χ4n) is 1.62. The number of amides is 1. The standard InChI is InChI=1S/C16H26N2O2/c1-4-6-11-17-16(19)12-18-14-7-9-15(10-8-14)20-13(3)5-2/h7-10,13,18H,4-6,11-12H2,1-3H3,(H,17,19). The van der Waals surface area contributed by atoms with Gasteiger partial charge in [0, 0.05) is 12.2 Å². The Bertz CT molecular complexity index is 390. The summed E-state index contributed by atoms with van der Waals surface area (Å²) in [5.74, 6) is 0.885. The number of benzene rings is 1. The average Bonchev–Trinajstić information content (AvgIpc) is 2.46. The number of ether oxygens (including phenoxy) is 1. The minimum Gasteiger partial charge on any atom is -0.491 e. The van der Waals surface area contributed by atoms with E-state index in [-0.39, 0.29) is 12.0 Å². The second-order valence-corrected chi connectivity index (χ2v) is 4.92. The molecule has 0 saturated carbocycles.